The number of nitrogens with zero attached hydrogens (tertiary/aromatic N) is 1. The number of aromatic nitrogens is 1. The molecule has 0 aliphatic carbocycles. The summed E-state index contributed by atoms with van der Waals surface area (Å²) in [6.07, 6.45) is 5.66. The monoisotopic (exact) mass is 240 g/mol. The molecule has 0 amide bonds. The highest BCUT2D eigenvalue weighted by Gasteiger charge is 2.16. The zero-order chi connectivity index (χ0) is 9.10. The molecule has 2 rings (SSSR count). The van der Waals surface area contributed by atoms with Gasteiger partial charge in [-0.05, 0) is 41.4 Å². The van der Waals surface area contributed by atoms with Crippen LogP contribution in [-0.2, 0) is 0 Å². The minimum absolute atomic E-state index is 0.497. The topological polar surface area (TPSA) is 24.9 Å². The van der Waals surface area contributed by atoms with Crippen molar-refractivity contribution in [3.63, 3.8) is 0 Å². The second-order valence-electron chi connectivity index (χ2n) is 3.39. The third-order valence-corrected chi connectivity index (χ3v) is 3.14. The smallest absolute Gasteiger partial charge is 0.110 e. The molecule has 3 heteroatoms. The van der Waals surface area contributed by atoms with E-state index in [-0.39, 0.29) is 0 Å². The molecule has 2 heterocycles. The molecule has 0 spiro atoms. The maximum atomic E-state index is 4.23. The van der Waals surface area contributed by atoms with E-state index in [1.165, 1.54) is 24.8 Å². The van der Waals surface area contributed by atoms with Gasteiger partial charge in [-0.3, -0.25) is 0 Å². The Labute approximate surface area is 86.9 Å². The van der Waals surface area contributed by atoms with Crippen molar-refractivity contribution in [1.29, 1.82) is 0 Å². The first kappa shape index (κ1) is 9.16. The Morgan fingerprint density at radius 1 is 1.46 bits per heavy atom. The third-order valence-electron chi connectivity index (χ3n) is 2.47. The molecule has 1 aromatic rings. The number of hydrogen-bond donors (Lipinski definition) is 1. The van der Waals surface area contributed by atoms with Crippen LogP contribution in [0.25, 0.3) is 0 Å². The van der Waals surface area contributed by atoms with E-state index in [0.717, 1.165) is 11.1 Å². The molecule has 70 valence electrons. The summed E-state index contributed by atoms with van der Waals surface area (Å²) in [5.74, 6) is 0. The SMILES string of the molecule is Brc1ncccc1[C@@H]1CCCCN1. The number of pyridine rings is 1. The minimum atomic E-state index is 0.497. The highest BCUT2D eigenvalue weighted by molar-refractivity contribution is 9.10. The van der Waals surface area contributed by atoms with E-state index < -0.39 is 0 Å². The summed E-state index contributed by atoms with van der Waals surface area (Å²) >= 11 is 3.48. The predicted molar refractivity (Wildman–Crippen MR) is 56.5 cm³/mol. The second kappa shape index (κ2) is 4.20. The normalized spacial score (nSPS) is 23.0. The summed E-state index contributed by atoms with van der Waals surface area (Å²) in [5, 5.41) is 3.51. The van der Waals surface area contributed by atoms with E-state index in [1.807, 2.05) is 12.3 Å². The van der Waals surface area contributed by atoms with Crippen molar-refractivity contribution in [2.24, 2.45) is 0 Å². The van der Waals surface area contributed by atoms with Crippen LogP contribution in [-0.4, -0.2) is 11.5 Å². The molecule has 0 saturated carbocycles. The van der Waals surface area contributed by atoms with Gasteiger partial charge in [-0.25, -0.2) is 4.98 Å². The quantitative estimate of drug-likeness (QED) is 0.764. The fraction of sp³-hybridized carbons (Fsp3) is 0.500. The fourth-order valence-electron chi connectivity index (χ4n) is 1.78. The lowest BCUT2D eigenvalue weighted by molar-refractivity contribution is 0.410. The van der Waals surface area contributed by atoms with Gasteiger partial charge in [0.25, 0.3) is 0 Å². The summed E-state index contributed by atoms with van der Waals surface area (Å²) in [4.78, 5) is 4.23. The maximum Gasteiger partial charge on any atom is 0.110 e. The van der Waals surface area contributed by atoms with Crippen LogP contribution < -0.4 is 5.32 Å². The van der Waals surface area contributed by atoms with Crippen molar-refractivity contribution >= 4 is 15.9 Å². The molecular formula is C10H13BrN2. The van der Waals surface area contributed by atoms with Crippen LogP contribution in [0, 0.1) is 0 Å². The average Bonchev–Trinajstić information content (AvgIpc) is 2.20. The highest BCUT2D eigenvalue weighted by atomic mass is 79.9. The zero-order valence-electron chi connectivity index (χ0n) is 7.46. The zero-order valence-corrected chi connectivity index (χ0v) is 9.05. The minimum Gasteiger partial charge on any atom is -0.310 e. The number of piperidine rings is 1. The number of halogens is 1. The molecule has 1 aliphatic heterocycles. The Morgan fingerprint density at radius 3 is 3.08 bits per heavy atom. The molecular weight excluding hydrogens is 228 g/mol. The molecule has 0 radical (unpaired) electrons. The van der Waals surface area contributed by atoms with Crippen LogP contribution in [0.5, 0.6) is 0 Å². The van der Waals surface area contributed by atoms with Crippen molar-refractivity contribution in [3.05, 3.63) is 28.5 Å². The second-order valence-corrected chi connectivity index (χ2v) is 4.14. The van der Waals surface area contributed by atoms with Gasteiger partial charge in [0.2, 0.25) is 0 Å². The Balaban J connectivity index is 2.18. The predicted octanol–water partition coefficient (Wildman–Crippen LogP) is 2.66. The summed E-state index contributed by atoms with van der Waals surface area (Å²) < 4.78 is 0.981. The first-order chi connectivity index (χ1) is 6.38. The van der Waals surface area contributed by atoms with Gasteiger partial charge in [0.1, 0.15) is 4.60 Å². The van der Waals surface area contributed by atoms with E-state index in [0.29, 0.717) is 6.04 Å². The summed E-state index contributed by atoms with van der Waals surface area (Å²) in [6.45, 7) is 1.13. The Hall–Kier alpha value is -0.410. The van der Waals surface area contributed by atoms with E-state index in [9.17, 15) is 0 Å². The van der Waals surface area contributed by atoms with E-state index in [2.05, 4.69) is 32.3 Å². The van der Waals surface area contributed by atoms with Gasteiger partial charge in [-0.1, -0.05) is 12.5 Å². The Kier molecular flexibility index (Phi) is 2.96. The summed E-state index contributed by atoms with van der Waals surface area (Å²) in [7, 11) is 0. The van der Waals surface area contributed by atoms with Crippen molar-refractivity contribution in [3.8, 4) is 0 Å². The fourth-order valence-corrected chi connectivity index (χ4v) is 2.30. The Bertz CT molecular complexity index is 282. The molecule has 0 unspecified atom stereocenters. The van der Waals surface area contributed by atoms with E-state index in [1.54, 1.807) is 0 Å². The molecule has 13 heavy (non-hydrogen) atoms. The van der Waals surface area contributed by atoms with Gasteiger partial charge in [0, 0.05) is 17.8 Å². The average molecular weight is 241 g/mol. The van der Waals surface area contributed by atoms with Crippen molar-refractivity contribution < 1.29 is 0 Å². The molecule has 0 bridgehead atoms. The van der Waals surface area contributed by atoms with Crippen LogP contribution >= 0.6 is 15.9 Å². The van der Waals surface area contributed by atoms with Crippen LogP contribution in [0.4, 0.5) is 0 Å². The third kappa shape index (κ3) is 2.09. The lowest BCUT2D eigenvalue weighted by Gasteiger charge is -2.24. The number of rotatable bonds is 1. The molecule has 1 aromatic heterocycles. The lowest BCUT2D eigenvalue weighted by atomic mass is 9.99. The van der Waals surface area contributed by atoms with Gasteiger partial charge in [-0.15, -0.1) is 0 Å². The summed E-state index contributed by atoms with van der Waals surface area (Å²) in [5.41, 5.74) is 1.29. The first-order valence-electron chi connectivity index (χ1n) is 4.72. The first-order valence-corrected chi connectivity index (χ1v) is 5.51. The van der Waals surface area contributed by atoms with Gasteiger partial charge in [0.15, 0.2) is 0 Å². The van der Waals surface area contributed by atoms with Crippen molar-refractivity contribution in [2.45, 2.75) is 25.3 Å². The van der Waals surface area contributed by atoms with E-state index >= 15 is 0 Å². The molecule has 2 nitrogen and oxygen atoms in total. The van der Waals surface area contributed by atoms with Gasteiger partial charge < -0.3 is 5.32 Å². The number of nitrogens with one attached hydrogen (secondary N) is 1. The standard InChI is InChI=1S/C10H13BrN2/c11-10-8(4-3-7-13-10)9-5-1-2-6-12-9/h3-4,7,9,12H,1-2,5-6H2/t9-/m0/s1. The van der Waals surface area contributed by atoms with E-state index in [4.69, 9.17) is 0 Å². The van der Waals surface area contributed by atoms with Crippen LogP contribution in [0.15, 0.2) is 22.9 Å². The largest absolute Gasteiger partial charge is 0.310 e. The maximum absolute atomic E-state index is 4.23. The van der Waals surface area contributed by atoms with Crippen molar-refractivity contribution in [1.82, 2.24) is 10.3 Å². The molecule has 0 aromatic carbocycles. The molecule has 1 fully saturated rings. The molecule has 1 saturated heterocycles. The molecule has 1 N–H and O–H groups in total. The van der Waals surface area contributed by atoms with Crippen LogP contribution in [0.1, 0.15) is 30.9 Å². The van der Waals surface area contributed by atoms with Crippen LogP contribution in [0.2, 0.25) is 0 Å². The molecule has 1 aliphatic rings. The van der Waals surface area contributed by atoms with Gasteiger partial charge >= 0.3 is 0 Å². The lowest BCUT2D eigenvalue weighted by Crippen LogP contribution is -2.27. The number of hydrogen-bond acceptors (Lipinski definition) is 2. The summed E-state index contributed by atoms with van der Waals surface area (Å²) in [6, 6.07) is 4.63. The van der Waals surface area contributed by atoms with Crippen LogP contribution in [0.3, 0.4) is 0 Å². The van der Waals surface area contributed by atoms with Crippen molar-refractivity contribution in [2.75, 3.05) is 6.54 Å². The van der Waals surface area contributed by atoms with Gasteiger partial charge in [-0.2, -0.15) is 0 Å². The van der Waals surface area contributed by atoms with Gasteiger partial charge in [0.05, 0.1) is 0 Å². The molecule has 1 atom stereocenters. The Morgan fingerprint density at radius 2 is 2.38 bits per heavy atom. The highest BCUT2D eigenvalue weighted by Crippen LogP contribution is 2.27.